The molecule has 3 aromatic carbocycles. The number of piperazine rings is 1. The third-order valence-corrected chi connectivity index (χ3v) is 7.00. The Morgan fingerprint density at radius 2 is 1.59 bits per heavy atom. The maximum atomic E-state index is 12.7. The lowest BCUT2D eigenvalue weighted by Gasteiger charge is -2.36. The van der Waals surface area contributed by atoms with Crippen molar-refractivity contribution in [2.45, 2.75) is 19.9 Å². The van der Waals surface area contributed by atoms with Gasteiger partial charge in [0.1, 0.15) is 5.69 Å². The molecule has 1 fully saturated rings. The quantitative estimate of drug-likeness (QED) is 0.378. The van der Waals surface area contributed by atoms with Gasteiger partial charge in [0, 0.05) is 44.0 Å². The van der Waals surface area contributed by atoms with Crippen LogP contribution in [0.4, 0.5) is 5.69 Å². The molecule has 1 amide bonds. The lowest BCUT2D eigenvalue weighted by Crippen LogP contribution is -2.47. The second kappa shape index (κ2) is 11.4. The SMILES string of the molecule is Cc1nc2ccccc2n(Cc2ccc(C(=O)NCCCN3CCN(c4ccccc4)CC3)cc2)c1=O. The minimum absolute atomic E-state index is 0.0668. The van der Waals surface area contributed by atoms with Crippen molar-refractivity contribution in [3.8, 4) is 0 Å². The van der Waals surface area contributed by atoms with Gasteiger partial charge in [0.05, 0.1) is 17.6 Å². The minimum Gasteiger partial charge on any atom is -0.369 e. The molecule has 0 radical (unpaired) electrons. The maximum absolute atomic E-state index is 12.7. The monoisotopic (exact) mass is 495 g/mol. The summed E-state index contributed by atoms with van der Waals surface area (Å²) in [7, 11) is 0. The van der Waals surface area contributed by atoms with E-state index in [0.29, 0.717) is 24.3 Å². The molecule has 0 atom stereocenters. The van der Waals surface area contributed by atoms with E-state index in [2.05, 4.69) is 50.4 Å². The van der Waals surface area contributed by atoms with Crippen LogP contribution in [0.25, 0.3) is 11.0 Å². The first-order chi connectivity index (χ1) is 18.1. The summed E-state index contributed by atoms with van der Waals surface area (Å²) in [5.41, 5.74) is 4.87. The summed E-state index contributed by atoms with van der Waals surface area (Å²) < 4.78 is 1.74. The summed E-state index contributed by atoms with van der Waals surface area (Å²) in [6, 6.07) is 25.7. The molecule has 1 saturated heterocycles. The number of hydrogen-bond donors (Lipinski definition) is 1. The molecule has 1 aromatic heterocycles. The van der Waals surface area contributed by atoms with Crippen molar-refractivity contribution in [1.29, 1.82) is 0 Å². The number of aromatic nitrogens is 2. The number of amides is 1. The summed E-state index contributed by atoms with van der Waals surface area (Å²) in [6.45, 7) is 7.95. The first kappa shape index (κ1) is 24.7. The number of nitrogens with one attached hydrogen (secondary N) is 1. The van der Waals surface area contributed by atoms with E-state index in [1.807, 2.05) is 48.5 Å². The van der Waals surface area contributed by atoms with Crippen LogP contribution < -0.4 is 15.8 Å². The predicted molar refractivity (Wildman–Crippen MR) is 148 cm³/mol. The van der Waals surface area contributed by atoms with Crippen molar-refractivity contribution >= 4 is 22.6 Å². The number of carbonyl (C=O) groups excluding carboxylic acids is 1. The first-order valence-electron chi connectivity index (χ1n) is 12.9. The van der Waals surface area contributed by atoms with Crippen molar-refractivity contribution in [1.82, 2.24) is 19.8 Å². The van der Waals surface area contributed by atoms with Gasteiger partial charge in [-0.3, -0.25) is 14.5 Å². The van der Waals surface area contributed by atoms with Crippen LogP contribution in [0, 0.1) is 6.92 Å². The molecule has 190 valence electrons. The van der Waals surface area contributed by atoms with Gasteiger partial charge in [0.2, 0.25) is 0 Å². The summed E-state index contributed by atoms with van der Waals surface area (Å²) >= 11 is 0. The molecule has 1 aliphatic rings. The molecular weight excluding hydrogens is 462 g/mol. The largest absolute Gasteiger partial charge is 0.369 e. The number of aryl methyl sites for hydroxylation is 1. The molecule has 0 spiro atoms. The number of para-hydroxylation sites is 3. The third-order valence-electron chi connectivity index (χ3n) is 7.00. The Kier molecular flexibility index (Phi) is 7.61. The Balaban J connectivity index is 1.09. The standard InChI is InChI=1S/C30H33N5O2/c1-23-30(37)35(28-11-6-5-10-27(28)32-23)22-24-12-14-25(15-13-24)29(36)31-16-7-17-33-18-20-34(21-19-33)26-8-3-2-4-9-26/h2-6,8-15H,7,16-22H2,1H3,(H,31,36). The zero-order valence-corrected chi connectivity index (χ0v) is 21.3. The van der Waals surface area contributed by atoms with E-state index in [0.717, 1.165) is 55.7 Å². The highest BCUT2D eigenvalue weighted by atomic mass is 16.1. The van der Waals surface area contributed by atoms with E-state index in [4.69, 9.17) is 0 Å². The third kappa shape index (κ3) is 5.89. The molecule has 37 heavy (non-hydrogen) atoms. The van der Waals surface area contributed by atoms with E-state index in [1.54, 1.807) is 11.5 Å². The molecule has 1 aliphatic heterocycles. The number of anilines is 1. The van der Waals surface area contributed by atoms with Gasteiger partial charge in [-0.25, -0.2) is 4.98 Å². The molecular formula is C30H33N5O2. The molecule has 0 unspecified atom stereocenters. The van der Waals surface area contributed by atoms with Gasteiger partial charge in [-0.1, -0.05) is 42.5 Å². The van der Waals surface area contributed by atoms with Crippen LogP contribution in [0.3, 0.4) is 0 Å². The number of carbonyl (C=O) groups is 1. The molecule has 7 heteroatoms. The molecule has 0 aliphatic carbocycles. The number of nitrogens with zero attached hydrogens (tertiary/aromatic N) is 4. The van der Waals surface area contributed by atoms with E-state index < -0.39 is 0 Å². The zero-order chi connectivity index (χ0) is 25.6. The molecule has 7 nitrogen and oxygen atoms in total. The first-order valence-corrected chi connectivity index (χ1v) is 12.9. The van der Waals surface area contributed by atoms with Crippen LogP contribution in [0.5, 0.6) is 0 Å². The molecule has 2 heterocycles. The van der Waals surface area contributed by atoms with Crippen molar-refractivity contribution < 1.29 is 4.79 Å². The molecule has 5 rings (SSSR count). The van der Waals surface area contributed by atoms with Gasteiger partial charge in [-0.05, 0) is 61.9 Å². The van der Waals surface area contributed by atoms with Crippen LogP contribution in [0.1, 0.15) is 28.0 Å². The van der Waals surface area contributed by atoms with Crippen LogP contribution in [0.2, 0.25) is 0 Å². The Labute approximate surface area is 217 Å². The van der Waals surface area contributed by atoms with Crippen LogP contribution in [-0.4, -0.2) is 59.6 Å². The highest BCUT2D eigenvalue weighted by Gasteiger charge is 2.16. The predicted octanol–water partition coefficient (Wildman–Crippen LogP) is 3.70. The average Bonchev–Trinajstić information content (AvgIpc) is 2.94. The van der Waals surface area contributed by atoms with Gasteiger partial charge < -0.3 is 14.8 Å². The van der Waals surface area contributed by atoms with Crippen molar-refractivity contribution in [3.05, 3.63) is 106 Å². The maximum Gasteiger partial charge on any atom is 0.272 e. The topological polar surface area (TPSA) is 70.5 Å². The minimum atomic E-state index is -0.0954. The smallest absolute Gasteiger partial charge is 0.272 e. The van der Waals surface area contributed by atoms with E-state index >= 15 is 0 Å². The van der Waals surface area contributed by atoms with Crippen molar-refractivity contribution in [2.24, 2.45) is 0 Å². The Morgan fingerprint density at radius 3 is 2.35 bits per heavy atom. The summed E-state index contributed by atoms with van der Waals surface area (Å²) in [6.07, 6.45) is 0.923. The van der Waals surface area contributed by atoms with E-state index in [1.165, 1.54) is 5.69 Å². The fourth-order valence-electron chi connectivity index (χ4n) is 4.90. The van der Waals surface area contributed by atoms with Gasteiger partial charge in [-0.15, -0.1) is 0 Å². The normalized spacial score (nSPS) is 14.1. The van der Waals surface area contributed by atoms with E-state index in [9.17, 15) is 9.59 Å². The lowest BCUT2D eigenvalue weighted by atomic mass is 10.1. The highest BCUT2D eigenvalue weighted by molar-refractivity contribution is 5.94. The molecule has 1 N–H and O–H groups in total. The summed E-state index contributed by atoms with van der Waals surface area (Å²) in [4.78, 5) is 34.7. The van der Waals surface area contributed by atoms with Gasteiger partial charge in [-0.2, -0.15) is 0 Å². The lowest BCUT2D eigenvalue weighted by molar-refractivity contribution is 0.0951. The summed E-state index contributed by atoms with van der Waals surface area (Å²) in [5, 5.41) is 3.04. The molecule has 0 bridgehead atoms. The van der Waals surface area contributed by atoms with Gasteiger partial charge in [0.15, 0.2) is 0 Å². The molecule has 0 saturated carbocycles. The van der Waals surface area contributed by atoms with E-state index in [-0.39, 0.29) is 11.5 Å². The van der Waals surface area contributed by atoms with Crippen LogP contribution >= 0.6 is 0 Å². The number of rotatable bonds is 8. The Morgan fingerprint density at radius 1 is 0.892 bits per heavy atom. The summed E-state index contributed by atoms with van der Waals surface area (Å²) in [5.74, 6) is -0.0668. The van der Waals surface area contributed by atoms with Crippen molar-refractivity contribution in [3.63, 3.8) is 0 Å². The van der Waals surface area contributed by atoms with Gasteiger partial charge in [0.25, 0.3) is 11.5 Å². The second-order valence-corrected chi connectivity index (χ2v) is 9.55. The van der Waals surface area contributed by atoms with Crippen molar-refractivity contribution in [2.75, 3.05) is 44.2 Å². The fraction of sp³-hybridized carbons (Fsp3) is 0.300. The van der Waals surface area contributed by atoms with Crippen LogP contribution in [-0.2, 0) is 6.54 Å². The number of fused-ring (bicyclic) bond motifs is 1. The highest BCUT2D eigenvalue weighted by Crippen LogP contribution is 2.16. The Bertz CT molecular complexity index is 1410. The second-order valence-electron chi connectivity index (χ2n) is 9.55. The molecule has 4 aromatic rings. The fourth-order valence-corrected chi connectivity index (χ4v) is 4.90. The van der Waals surface area contributed by atoms with Gasteiger partial charge >= 0.3 is 0 Å². The number of benzene rings is 3. The zero-order valence-electron chi connectivity index (χ0n) is 21.3. The number of hydrogen-bond acceptors (Lipinski definition) is 5. The Hall–Kier alpha value is -3.97. The average molecular weight is 496 g/mol. The van der Waals surface area contributed by atoms with Crippen LogP contribution in [0.15, 0.2) is 83.7 Å².